The molecule has 33 heavy (non-hydrogen) atoms. The van der Waals surface area contributed by atoms with Crippen LogP contribution in [0.25, 0.3) is 11.3 Å². The smallest absolute Gasteiger partial charge is 0.0929 e. The summed E-state index contributed by atoms with van der Waals surface area (Å²) in [5, 5.41) is 9.31. The van der Waals surface area contributed by atoms with E-state index in [4.69, 9.17) is 0 Å². The molecule has 0 aliphatic heterocycles. The van der Waals surface area contributed by atoms with Crippen molar-refractivity contribution in [2.45, 2.75) is 122 Å². The third kappa shape index (κ3) is 6.90. The van der Waals surface area contributed by atoms with Crippen LogP contribution in [0.5, 0.6) is 0 Å². The first kappa shape index (κ1) is 24.4. The minimum atomic E-state index is 0.615. The Kier molecular flexibility index (Phi) is 9.38. The highest BCUT2D eigenvalue weighted by atomic mass is 15.1. The van der Waals surface area contributed by atoms with E-state index in [1.165, 1.54) is 113 Å². The molecular weight excluding hydrogens is 400 g/mol. The van der Waals surface area contributed by atoms with E-state index >= 15 is 0 Å². The molecule has 4 rings (SSSR count). The molecule has 0 bridgehead atoms. The van der Waals surface area contributed by atoms with Crippen molar-refractivity contribution in [2.75, 3.05) is 0 Å². The zero-order valence-corrected chi connectivity index (χ0v) is 21.3. The van der Waals surface area contributed by atoms with Crippen molar-refractivity contribution >= 4 is 0 Å². The summed E-state index contributed by atoms with van der Waals surface area (Å²) in [6.45, 7) is 4.61. The highest BCUT2D eigenvalue weighted by Crippen LogP contribution is 2.39. The van der Waals surface area contributed by atoms with Gasteiger partial charge in [-0.1, -0.05) is 83.1 Å². The Hall–Kier alpha value is -1.70. The van der Waals surface area contributed by atoms with Gasteiger partial charge in [-0.05, 0) is 86.8 Å². The van der Waals surface area contributed by atoms with Gasteiger partial charge in [-0.2, -0.15) is 10.2 Å². The lowest BCUT2D eigenvalue weighted by Gasteiger charge is -2.29. The molecular formula is C31H46N2. The molecule has 1 aromatic heterocycles. The van der Waals surface area contributed by atoms with Gasteiger partial charge in [-0.25, -0.2) is 0 Å². The van der Waals surface area contributed by atoms with Crippen LogP contribution >= 0.6 is 0 Å². The lowest BCUT2D eigenvalue weighted by Crippen LogP contribution is -2.14. The fraction of sp³-hybridized carbons (Fsp3) is 0.677. The molecule has 180 valence electrons. The summed E-state index contributed by atoms with van der Waals surface area (Å²) >= 11 is 0. The molecule has 0 N–H and O–H groups in total. The van der Waals surface area contributed by atoms with Crippen molar-refractivity contribution in [2.24, 2.45) is 11.8 Å². The number of hydrogen-bond acceptors (Lipinski definition) is 2. The lowest BCUT2D eigenvalue weighted by molar-refractivity contribution is 0.299. The molecule has 0 amide bonds. The zero-order valence-electron chi connectivity index (χ0n) is 21.3. The molecule has 2 nitrogen and oxygen atoms in total. The van der Waals surface area contributed by atoms with Crippen LogP contribution in [0.4, 0.5) is 0 Å². The van der Waals surface area contributed by atoms with Crippen molar-refractivity contribution in [1.29, 1.82) is 0 Å². The topological polar surface area (TPSA) is 25.8 Å². The van der Waals surface area contributed by atoms with Crippen LogP contribution in [-0.4, -0.2) is 10.2 Å². The number of rotatable bonds is 10. The van der Waals surface area contributed by atoms with Crippen LogP contribution in [0.15, 0.2) is 36.4 Å². The Labute approximate surface area is 203 Å². The Bertz CT molecular complexity index is 794. The average Bonchev–Trinajstić information content (AvgIpc) is 2.89. The largest absolute Gasteiger partial charge is 0.155 e. The van der Waals surface area contributed by atoms with Gasteiger partial charge < -0.3 is 0 Å². The monoisotopic (exact) mass is 446 g/mol. The first-order valence-corrected chi connectivity index (χ1v) is 14.2. The first-order chi connectivity index (χ1) is 16.3. The van der Waals surface area contributed by atoms with Crippen molar-refractivity contribution in [3.05, 3.63) is 47.7 Å². The molecule has 1 aromatic carbocycles. The second-order valence-corrected chi connectivity index (χ2v) is 11.0. The van der Waals surface area contributed by atoms with E-state index in [0.717, 1.165) is 23.4 Å². The van der Waals surface area contributed by atoms with Crippen molar-refractivity contribution in [3.8, 4) is 11.3 Å². The molecule has 2 aliphatic carbocycles. The van der Waals surface area contributed by atoms with Gasteiger partial charge in [0.2, 0.25) is 0 Å². The Morgan fingerprint density at radius 3 is 1.79 bits per heavy atom. The summed E-state index contributed by atoms with van der Waals surface area (Å²) in [6.07, 6.45) is 20.7. The maximum absolute atomic E-state index is 4.67. The Morgan fingerprint density at radius 1 is 0.606 bits per heavy atom. The summed E-state index contributed by atoms with van der Waals surface area (Å²) in [5.41, 5.74) is 4.95. The predicted octanol–water partition coefficient (Wildman–Crippen LogP) is 9.46. The number of unbranched alkanes of at least 4 members (excludes halogenated alkanes) is 3. The van der Waals surface area contributed by atoms with E-state index in [-0.39, 0.29) is 0 Å². The quantitative estimate of drug-likeness (QED) is 0.340. The van der Waals surface area contributed by atoms with Gasteiger partial charge in [0.25, 0.3) is 0 Å². The molecule has 2 saturated carbocycles. The van der Waals surface area contributed by atoms with Crippen molar-refractivity contribution in [1.82, 2.24) is 10.2 Å². The highest BCUT2D eigenvalue weighted by Gasteiger charge is 2.24. The molecule has 0 saturated heterocycles. The molecule has 0 atom stereocenters. The van der Waals surface area contributed by atoms with E-state index in [2.05, 4.69) is 60.4 Å². The van der Waals surface area contributed by atoms with E-state index in [1.807, 2.05) is 0 Å². The van der Waals surface area contributed by atoms with Gasteiger partial charge >= 0.3 is 0 Å². The van der Waals surface area contributed by atoms with Crippen LogP contribution in [-0.2, 0) is 0 Å². The standard InChI is InChI=1S/C31H46N2/c1-3-5-7-9-25-12-16-28(17-13-25)30-22-23-31(33-32-30)29-20-18-27(19-21-29)26-14-10-24(11-15-26)8-6-4-2/h18-26,28H,3-17H2,1-2H3/t24-,25-,26-,28-. The maximum Gasteiger partial charge on any atom is 0.0929 e. The number of hydrogen-bond donors (Lipinski definition) is 0. The van der Waals surface area contributed by atoms with Crippen LogP contribution in [0.2, 0.25) is 0 Å². The van der Waals surface area contributed by atoms with Gasteiger partial charge in [0.15, 0.2) is 0 Å². The summed E-state index contributed by atoms with van der Waals surface area (Å²) in [7, 11) is 0. The van der Waals surface area contributed by atoms with E-state index in [1.54, 1.807) is 0 Å². The summed E-state index contributed by atoms with van der Waals surface area (Å²) in [4.78, 5) is 0. The third-order valence-electron chi connectivity index (χ3n) is 8.66. The van der Waals surface area contributed by atoms with Crippen LogP contribution in [0.3, 0.4) is 0 Å². The molecule has 1 heterocycles. The van der Waals surface area contributed by atoms with Gasteiger partial charge in [0.1, 0.15) is 0 Å². The molecule has 2 aliphatic rings. The second-order valence-electron chi connectivity index (χ2n) is 11.0. The SMILES string of the molecule is CCCCC[C@H]1CC[C@H](c2ccc(-c3ccc([C@H]4CC[C@H](CCCC)CC4)cc3)nn2)CC1. The van der Waals surface area contributed by atoms with E-state index in [9.17, 15) is 0 Å². The van der Waals surface area contributed by atoms with Crippen molar-refractivity contribution < 1.29 is 0 Å². The number of aromatic nitrogens is 2. The van der Waals surface area contributed by atoms with E-state index in [0.29, 0.717) is 5.92 Å². The molecule has 2 aromatic rings. The minimum Gasteiger partial charge on any atom is -0.155 e. The molecule has 0 radical (unpaired) electrons. The van der Waals surface area contributed by atoms with Gasteiger partial charge in [-0.15, -0.1) is 0 Å². The van der Waals surface area contributed by atoms with Gasteiger partial charge in [-0.3, -0.25) is 0 Å². The van der Waals surface area contributed by atoms with Crippen LogP contribution < -0.4 is 0 Å². The Morgan fingerprint density at radius 2 is 1.21 bits per heavy atom. The summed E-state index contributed by atoms with van der Waals surface area (Å²) in [6, 6.07) is 13.7. The fourth-order valence-corrected chi connectivity index (χ4v) is 6.35. The predicted molar refractivity (Wildman–Crippen MR) is 141 cm³/mol. The maximum atomic E-state index is 4.67. The van der Waals surface area contributed by atoms with Crippen LogP contribution in [0, 0.1) is 11.8 Å². The number of benzene rings is 1. The molecule has 2 fully saturated rings. The molecule has 2 heteroatoms. The third-order valence-corrected chi connectivity index (χ3v) is 8.66. The van der Waals surface area contributed by atoms with Crippen LogP contribution in [0.1, 0.15) is 133 Å². The van der Waals surface area contributed by atoms with Crippen molar-refractivity contribution in [3.63, 3.8) is 0 Å². The highest BCUT2D eigenvalue weighted by molar-refractivity contribution is 5.59. The first-order valence-electron chi connectivity index (χ1n) is 14.2. The average molecular weight is 447 g/mol. The molecule has 0 unspecified atom stereocenters. The summed E-state index contributed by atoms with van der Waals surface area (Å²) in [5.74, 6) is 3.29. The normalized spacial score (nSPS) is 25.8. The van der Waals surface area contributed by atoms with E-state index < -0.39 is 0 Å². The Balaban J connectivity index is 1.27. The number of nitrogens with zero attached hydrogens (tertiary/aromatic N) is 2. The fourth-order valence-electron chi connectivity index (χ4n) is 6.35. The lowest BCUT2D eigenvalue weighted by atomic mass is 9.77. The molecule has 0 spiro atoms. The van der Waals surface area contributed by atoms with Gasteiger partial charge in [0, 0.05) is 11.5 Å². The zero-order chi connectivity index (χ0) is 22.9. The minimum absolute atomic E-state index is 0.615. The summed E-state index contributed by atoms with van der Waals surface area (Å²) < 4.78 is 0. The van der Waals surface area contributed by atoms with Gasteiger partial charge in [0.05, 0.1) is 11.4 Å². The second kappa shape index (κ2) is 12.7.